The maximum absolute atomic E-state index is 13.9. The van der Waals surface area contributed by atoms with Crippen LogP contribution < -0.4 is 0 Å². The number of carbonyl (C=O) groups excluding carboxylic acids is 1. The van der Waals surface area contributed by atoms with Gasteiger partial charge in [-0.15, -0.1) is 0 Å². The fourth-order valence-electron chi connectivity index (χ4n) is 3.89. The van der Waals surface area contributed by atoms with Crippen LogP contribution >= 0.6 is 11.6 Å². The first-order valence-electron chi connectivity index (χ1n) is 7.84. The third kappa shape index (κ3) is 2.86. The number of Topliss-reactive ketones (excluding diaryl/α,β-unsaturated/α-hetero) is 1. The maximum Gasteiger partial charge on any atom is 0.157 e. The molecule has 0 bridgehead atoms. The lowest BCUT2D eigenvalue weighted by Crippen LogP contribution is -2.52. The Balaban J connectivity index is 1.83. The van der Waals surface area contributed by atoms with Crippen molar-refractivity contribution in [3.8, 4) is 0 Å². The largest absolute Gasteiger partial charge is 0.297 e. The van der Waals surface area contributed by atoms with Gasteiger partial charge in [-0.1, -0.05) is 24.4 Å². The molecule has 0 spiro atoms. The Labute approximate surface area is 130 Å². The van der Waals surface area contributed by atoms with Gasteiger partial charge in [0.15, 0.2) is 5.78 Å². The van der Waals surface area contributed by atoms with Crippen LogP contribution in [0.25, 0.3) is 0 Å². The predicted octanol–water partition coefficient (Wildman–Crippen LogP) is 4.00. The van der Waals surface area contributed by atoms with Gasteiger partial charge in [0.25, 0.3) is 0 Å². The standard InChI is InChI=1S/C17H21ClFNO/c18-14-5-6-15(19)13(11-14)12-16(21)17(7-1-2-8-17)20-9-3-4-10-20/h5-6,11H,1-4,7-10,12H2. The smallest absolute Gasteiger partial charge is 0.157 e. The molecule has 0 unspecified atom stereocenters. The van der Waals surface area contributed by atoms with Crippen LogP contribution in [0, 0.1) is 5.82 Å². The molecule has 114 valence electrons. The van der Waals surface area contributed by atoms with Crippen LogP contribution in [0.2, 0.25) is 5.02 Å². The molecule has 1 aliphatic carbocycles. The van der Waals surface area contributed by atoms with Crippen molar-refractivity contribution in [3.05, 3.63) is 34.6 Å². The average Bonchev–Trinajstić information content (AvgIpc) is 3.13. The molecule has 2 fully saturated rings. The van der Waals surface area contributed by atoms with Gasteiger partial charge in [0, 0.05) is 11.4 Å². The topological polar surface area (TPSA) is 20.3 Å². The number of benzene rings is 1. The number of hydrogen-bond acceptors (Lipinski definition) is 2. The van der Waals surface area contributed by atoms with Gasteiger partial charge in [-0.25, -0.2) is 4.39 Å². The third-order valence-electron chi connectivity index (χ3n) is 5.02. The number of nitrogens with zero attached hydrogens (tertiary/aromatic N) is 1. The molecule has 0 amide bonds. The van der Waals surface area contributed by atoms with Crippen molar-refractivity contribution in [2.24, 2.45) is 0 Å². The first kappa shape index (κ1) is 15.0. The van der Waals surface area contributed by atoms with Crippen LogP contribution in [-0.4, -0.2) is 29.3 Å². The lowest BCUT2D eigenvalue weighted by molar-refractivity contribution is -0.129. The summed E-state index contributed by atoms with van der Waals surface area (Å²) in [5, 5.41) is 0.487. The summed E-state index contributed by atoms with van der Waals surface area (Å²) in [7, 11) is 0. The summed E-state index contributed by atoms with van der Waals surface area (Å²) in [6, 6.07) is 4.46. The summed E-state index contributed by atoms with van der Waals surface area (Å²) >= 11 is 5.93. The summed E-state index contributed by atoms with van der Waals surface area (Å²) in [5.74, 6) is -0.162. The molecule has 1 aromatic carbocycles. The van der Waals surface area contributed by atoms with E-state index in [4.69, 9.17) is 11.6 Å². The van der Waals surface area contributed by atoms with Crippen molar-refractivity contribution in [1.82, 2.24) is 4.90 Å². The predicted molar refractivity (Wildman–Crippen MR) is 82.1 cm³/mol. The molecule has 21 heavy (non-hydrogen) atoms. The molecule has 3 rings (SSSR count). The van der Waals surface area contributed by atoms with Crippen LogP contribution in [0.4, 0.5) is 4.39 Å². The molecular formula is C17H21ClFNO. The molecule has 4 heteroatoms. The van der Waals surface area contributed by atoms with E-state index >= 15 is 0 Å². The monoisotopic (exact) mass is 309 g/mol. The van der Waals surface area contributed by atoms with Gasteiger partial charge in [-0.2, -0.15) is 0 Å². The molecule has 0 aromatic heterocycles. The fourth-order valence-corrected chi connectivity index (χ4v) is 4.09. The van der Waals surface area contributed by atoms with E-state index in [1.54, 1.807) is 6.07 Å². The van der Waals surface area contributed by atoms with Gasteiger partial charge in [0.2, 0.25) is 0 Å². The van der Waals surface area contributed by atoms with E-state index in [-0.39, 0.29) is 23.6 Å². The highest BCUT2D eigenvalue weighted by atomic mass is 35.5. The zero-order valence-electron chi connectivity index (χ0n) is 12.2. The minimum Gasteiger partial charge on any atom is -0.297 e. The highest BCUT2D eigenvalue weighted by Gasteiger charge is 2.46. The highest BCUT2D eigenvalue weighted by molar-refractivity contribution is 6.30. The molecule has 2 aliphatic rings. The maximum atomic E-state index is 13.9. The Morgan fingerprint density at radius 1 is 1.19 bits per heavy atom. The fraction of sp³-hybridized carbons (Fsp3) is 0.588. The minimum absolute atomic E-state index is 0.156. The van der Waals surface area contributed by atoms with Crippen molar-refractivity contribution in [3.63, 3.8) is 0 Å². The molecule has 0 N–H and O–H groups in total. The summed E-state index contributed by atoms with van der Waals surface area (Å²) < 4.78 is 13.9. The molecule has 1 heterocycles. The van der Waals surface area contributed by atoms with Crippen LogP contribution in [-0.2, 0) is 11.2 Å². The Morgan fingerprint density at radius 2 is 1.86 bits per heavy atom. The van der Waals surface area contributed by atoms with Gasteiger partial charge >= 0.3 is 0 Å². The van der Waals surface area contributed by atoms with E-state index in [9.17, 15) is 9.18 Å². The Morgan fingerprint density at radius 3 is 2.52 bits per heavy atom. The van der Waals surface area contributed by atoms with E-state index in [1.165, 1.54) is 25.0 Å². The van der Waals surface area contributed by atoms with Gasteiger partial charge < -0.3 is 0 Å². The number of hydrogen-bond donors (Lipinski definition) is 0. The second kappa shape index (κ2) is 6.05. The third-order valence-corrected chi connectivity index (χ3v) is 5.26. The number of halogens is 2. The van der Waals surface area contributed by atoms with Gasteiger partial charge in [-0.05, 0) is 62.5 Å². The Bertz CT molecular complexity index is 534. The Kier molecular flexibility index (Phi) is 4.32. The van der Waals surface area contributed by atoms with Gasteiger partial charge in [-0.3, -0.25) is 9.69 Å². The normalized spacial score (nSPS) is 21.8. The van der Waals surface area contributed by atoms with Crippen molar-refractivity contribution in [2.45, 2.75) is 50.5 Å². The number of ketones is 1. The molecule has 0 atom stereocenters. The summed E-state index contributed by atoms with van der Waals surface area (Å²) in [6.07, 6.45) is 6.53. The van der Waals surface area contributed by atoms with Crippen LogP contribution in [0.1, 0.15) is 44.1 Å². The van der Waals surface area contributed by atoms with E-state index in [0.717, 1.165) is 38.8 Å². The van der Waals surface area contributed by atoms with E-state index < -0.39 is 0 Å². The minimum atomic E-state index is -0.342. The van der Waals surface area contributed by atoms with Crippen molar-refractivity contribution >= 4 is 17.4 Å². The highest BCUT2D eigenvalue weighted by Crippen LogP contribution is 2.39. The molecule has 1 saturated carbocycles. The Hall–Kier alpha value is -0.930. The number of likely N-dealkylation sites (tertiary alicyclic amines) is 1. The van der Waals surface area contributed by atoms with E-state index in [1.807, 2.05) is 0 Å². The zero-order valence-corrected chi connectivity index (χ0v) is 13.0. The molecule has 0 radical (unpaired) electrons. The number of rotatable bonds is 4. The molecule has 1 saturated heterocycles. The van der Waals surface area contributed by atoms with Gasteiger partial charge in [0.05, 0.1) is 5.54 Å². The lowest BCUT2D eigenvalue weighted by Gasteiger charge is -2.37. The summed E-state index contributed by atoms with van der Waals surface area (Å²) in [4.78, 5) is 15.3. The van der Waals surface area contributed by atoms with Gasteiger partial charge in [0.1, 0.15) is 5.82 Å². The second-order valence-electron chi connectivity index (χ2n) is 6.27. The quantitative estimate of drug-likeness (QED) is 0.838. The average molecular weight is 310 g/mol. The SMILES string of the molecule is O=C(Cc1cc(Cl)ccc1F)C1(N2CCCC2)CCCC1. The lowest BCUT2D eigenvalue weighted by atomic mass is 9.86. The van der Waals surface area contributed by atoms with Crippen LogP contribution in [0.15, 0.2) is 18.2 Å². The van der Waals surface area contributed by atoms with Crippen LogP contribution in [0.3, 0.4) is 0 Å². The zero-order chi connectivity index (χ0) is 14.9. The molecular weight excluding hydrogens is 289 g/mol. The first-order chi connectivity index (χ1) is 10.1. The first-order valence-corrected chi connectivity index (χ1v) is 8.22. The molecule has 1 aliphatic heterocycles. The van der Waals surface area contributed by atoms with E-state index in [2.05, 4.69) is 4.90 Å². The van der Waals surface area contributed by atoms with Crippen molar-refractivity contribution in [1.29, 1.82) is 0 Å². The van der Waals surface area contributed by atoms with Crippen molar-refractivity contribution in [2.75, 3.05) is 13.1 Å². The summed E-state index contributed by atoms with van der Waals surface area (Å²) in [6.45, 7) is 2.01. The molecule has 1 aromatic rings. The molecule has 2 nitrogen and oxygen atoms in total. The second-order valence-corrected chi connectivity index (χ2v) is 6.70. The van der Waals surface area contributed by atoms with Crippen molar-refractivity contribution < 1.29 is 9.18 Å². The van der Waals surface area contributed by atoms with E-state index in [0.29, 0.717) is 10.6 Å². The number of carbonyl (C=O) groups is 1. The van der Waals surface area contributed by atoms with Crippen LogP contribution in [0.5, 0.6) is 0 Å². The summed E-state index contributed by atoms with van der Waals surface area (Å²) in [5.41, 5.74) is 0.0867.